The Balaban J connectivity index is 0.946. The van der Waals surface area contributed by atoms with Crippen molar-refractivity contribution in [3.63, 3.8) is 0 Å². The Morgan fingerprint density at radius 3 is 1.27 bits per heavy atom. The van der Waals surface area contributed by atoms with Crippen molar-refractivity contribution in [3.8, 4) is 0 Å². The van der Waals surface area contributed by atoms with Gasteiger partial charge in [0.2, 0.25) is 0 Å². The third-order valence-electron chi connectivity index (χ3n) is 13.0. The van der Waals surface area contributed by atoms with Crippen LogP contribution in [0.5, 0.6) is 0 Å². The molecule has 0 N–H and O–H groups in total. The van der Waals surface area contributed by atoms with Gasteiger partial charge in [0.25, 0.3) is 0 Å². The lowest BCUT2D eigenvalue weighted by atomic mass is 9.87. The Morgan fingerprint density at radius 1 is 0.556 bits per heavy atom. The lowest BCUT2D eigenvalue weighted by Gasteiger charge is -2.36. The van der Waals surface area contributed by atoms with E-state index in [1.54, 1.807) is 0 Å². The summed E-state index contributed by atoms with van der Waals surface area (Å²) in [7, 11) is 1.51. The Labute approximate surface area is 283 Å². The number of ether oxygens (including phenoxy) is 2. The SMILES string of the molecule is COC(=O)[C@@H]1C[C@@H]2CC[C@H]1N2C(=S)[C@@H]1C[C@@H]2CC[C@H]1N2C(=S)[C@@H]1C[C@@H]2CC[C@H]1N2C(=S)[C@@H]1C[C@@H]2CC[C@H]1N2C(=O)OC(C)(C)C. The molecule has 0 radical (unpaired) electrons. The second kappa shape index (κ2) is 11.0. The topological polar surface area (TPSA) is 65.6 Å². The fourth-order valence-corrected chi connectivity index (χ4v) is 13.0. The molecule has 246 valence electrons. The third kappa shape index (κ3) is 4.70. The first-order valence-electron chi connectivity index (χ1n) is 17.5. The van der Waals surface area contributed by atoms with Gasteiger partial charge in [0, 0.05) is 66.1 Å². The van der Waals surface area contributed by atoms with E-state index < -0.39 is 5.60 Å². The maximum absolute atomic E-state index is 13.2. The standard InChI is InChI=1S/C34H48N4O4S3/c1-34(2,3)42-33(40)38-20-8-11-27(38)23(15-20)31(45)36-18-6-9-25(36)21(13-18)29(43)35-17-5-10-26(35)22(14-17)30(44)37-19-7-12-28(37)24(16-19)32(39)41-4/h17-28H,5-16H2,1-4H3/t17-,18-,19-,20-,21+,22+,23+,24+,25+,26+,27+,28+/m0/s1. The molecule has 8 heterocycles. The Kier molecular flexibility index (Phi) is 7.49. The summed E-state index contributed by atoms with van der Waals surface area (Å²) >= 11 is 19.0. The van der Waals surface area contributed by atoms with Crippen LogP contribution in [0.1, 0.15) is 97.8 Å². The van der Waals surface area contributed by atoms with Crippen LogP contribution in [-0.4, -0.2) is 108 Å². The highest BCUT2D eigenvalue weighted by Crippen LogP contribution is 2.52. The summed E-state index contributed by atoms with van der Waals surface area (Å²) < 4.78 is 11.0. The van der Waals surface area contributed by atoms with Crippen molar-refractivity contribution in [2.75, 3.05) is 7.11 Å². The van der Waals surface area contributed by atoms with Gasteiger partial charge >= 0.3 is 12.1 Å². The number of nitrogens with zero attached hydrogens (tertiary/aromatic N) is 4. The van der Waals surface area contributed by atoms with Crippen LogP contribution in [0.4, 0.5) is 4.79 Å². The van der Waals surface area contributed by atoms with Gasteiger partial charge < -0.3 is 29.1 Å². The first-order valence-corrected chi connectivity index (χ1v) is 18.7. The zero-order valence-electron chi connectivity index (χ0n) is 27.1. The fraction of sp³-hybridized carbons (Fsp3) is 0.853. The quantitative estimate of drug-likeness (QED) is 0.283. The summed E-state index contributed by atoms with van der Waals surface area (Å²) in [6.45, 7) is 5.82. The molecule has 1 amide bonds. The molecule has 0 aromatic heterocycles. The summed E-state index contributed by atoms with van der Waals surface area (Å²) in [4.78, 5) is 38.6. The molecule has 8 bridgehead atoms. The predicted molar refractivity (Wildman–Crippen MR) is 183 cm³/mol. The average Bonchev–Trinajstić information content (AvgIpc) is 3.88. The predicted octanol–water partition coefficient (Wildman–Crippen LogP) is 5.49. The molecule has 0 unspecified atom stereocenters. The molecule has 45 heavy (non-hydrogen) atoms. The number of hydrogen-bond donors (Lipinski definition) is 0. The monoisotopic (exact) mass is 672 g/mol. The van der Waals surface area contributed by atoms with E-state index in [0.717, 1.165) is 79.2 Å². The van der Waals surface area contributed by atoms with Crippen molar-refractivity contribution in [2.45, 2.75) is 152 Å². The van der Waals surface area contributed by atoms with Crippen LogP contribution in [0.2, 0.25) is 0 Å². The summed E-state index contributed by atoms with van der Waals surface area (Å²) in [6.07, 6.45) is 12.7. The summed E-state index contributed by atoms with van der Waals surface area (Å²) in [5.74, 6) is 0.792. The van der Waals surface area contributed by atoms with E-state index in [4.69, 9.17) is 46.1 Å². The van der Waals surface area contributed by atoms with Crippen LogP contribution in [0.25, 0.3) is 0 Å². The minimum atomic E-state index is -0.497. The highest BCUT2D eigenvalue weighted by atomic mass is 32.1. The fourth-order valence-electron chi connectivity index (χ4n) is 11.4. The number of rotatable bonds is 4. The Morgan fingerprint density at radius 2 is 0.889 bits per heavy atom. The van der Waals surface area contributed by atoms with Crippen LogP contribution < -0.4 is 0 Å². The molecule has 0 aromatic rings. The van der Waals surface area contributed by atoms with Crippen LogP contribution >= 0.6 is 36.7 Å². The molecule has 12 atom stereocenters. The van der Waals surface area contributed by atoms with Gasteiger partial charge in [-0.1, -0.05) is 36.7 Å². The molecular weight excluding hydrogens is 625 g/mol. The van der Waals surface area contributed by atoms with Crippen LogP contribution in [0, 0.1) is 23.7 Å². The number of thiocarbonyl (C=S) groups is 3. The van der Waals surface area contributed by atoms with Gasteiger partial charge in [-0.15, -0.1) is 0 Å². The molecule has 8 aliphatic rings. The first-order chi connectivity index (χ1) is 21.5. The first kappa shape index (κ1) is 30.7. The van der Waals surface area contributed by atoms with Gasteiger partial charge in [0.05, 0.1) is 28.0 Å². The van der Waals surface area contributed by atoms with E-state index in [1.165, 1.54) is 20.0 Å². The highest BCUT2D eigenvalue weighted by Gasteiger charge is 2.59. The zero-order valence-corrected chi connectivity index (χ0v) is 29.5. The van der Waals surface area contributed by atoms with E-state index in [-0.39, 0.29) is 42.0 Å². The summed E-state index contributed by atoms with van der Waals surface area (Å²) in [5, 5.41) is 0. The molecule has 0 saturated carbocycles. The molecular formula is C34H48N4O4S3. The van der Waals surface area contributed by atoms with Gasteiger partial charge in [0.15, 0.2) is 0 Å². The molecule has 8 saturated heterocycles. The molecule has 8 fully saturated rings. The Bertz CT molecular complexity index is 1320. The number of carbonyl (C=O) groups is 2. The molecule has 8 nitrogen and oxygen atoms in total. The minimum absolute atomic E-state index is 0.0439. The Hall–Kier alpha value is -1.59. The minimum Gasteiger partial charge on any atom is -0.469 e. The summed E-state index contributed by atoms with van der Waals surface area (Å²) in [6, 6.07) is 2.62. The lowest BCUT2D eigenvalue weighted by Crippen LogP contribution is -2.48. The number of amides is 1. The van der Waals surface area contributed by atoms with Crippen LogP contribution in [0.15, 0.2) is 0 Å². The third-order valence-corrected chi connectivity index (χ3v) is 14.5. The van der Waals surface area contributed by atoms with E-state index in [2.05, 4.69) is 14.7 Å². The van der Waals surface area contributed by atoms with E-state index in [0.29, 0.717) is 42.0 Å². The number of fused-ring (bicyclic) bond motifs is 8. The molecule has 0 aromatic carbocycles. The zero-order chi connectivity index (χ0) is 31.5. The van der Waals surface area contributed by atoms with E-state index in [1.807, 2.05) is 25.7 Å². The molecule has 11 heteroatoms. The van der Waals surface area contributed by atoms with Crippen molar-refractivity contribution in [3.05, 3.63) is 0 Å². The maximum Gasteiger partial charge on any atom is 0.410 e. The van der Waals surface area contributed by atoms with E-state index in [9.17, 15) is 9.59 Å². The number of esters is 1. The van der Waals surface area contributed by atoms with Crippen molar-refractivity contribution in [1.82, 2.24) is 19.6 Å². The lowest BCUT2D eigenvalue weighted by molar-refractivity contribution is -0.146. The highest BCUT2D eigenvalue weighted by molar-refractivity contribution is 7.80. The largest absolute Gasteiger partial charge is 0.469 e. The molecule has 0 spiro atoms. The van der Waals surface area contributed by atoms with Crippen LogP contribution in [-0.2, 0) is 14.3 Å². The van der Waals surface area contributed by atoms with Gasteiger partial charge in [0.1, 0.15) is 5.60 Å². The van der Waals surface area contributed by atoms with Crippen molar-refractivity contribution in [2.24, 2.45) is 23.7 Å². The van der Waals surface area contributed by atoms with Crippen molar-refractivity contribution in [1.29, 1.82) is 0 Å². The number of methoxy groups -OCH3 is 1. The number of carbonyl (C=O) groups excluding carboxylic acids is 2. The molecule has 0 aliphatic carbocycles. The van der Waals surface area contributed by atoms with Gasteiger partial charge in [-0.3, -0.25) is 4.79 Å². The van der Waals surface area contributed by atoms with Crippen LogP contribution in [0.3, 0.4) is 0 Å². The second-order valence-corrected chi connectivity index (χ2v) is 17.5. The smallest absolute Gasteiger partial charge is 0.410 e. The van der Waals surface area contributed by atoms with E-state index >= 15 is 0 Å². The summed E-state index contributed by atoms with van der Waals surface area (Å²) in [5.41, 5.74) is -0.497. The number of hydrogen-bond acceptors (Lipinski definition) is 7. The van der Waals surface area contributed by atoms with Gasteiger partial charge in [-0.2, -0.15) is 0 Å². The molecule has 8 rings (SSSR count). The second-order valence-electron chi connectivity index (χ2n) is 16.2. The molecule has 8 aliphatic heterocycles. The van der Waals surface area contributed by atoms with Gasteiger partial charge in [-0.05, 0) is 97.8 Å². The van der Waals surface area contributed by atoms with Crippen molar-refractivity contribution >= 4 is 63.7 Å². The maximum atomic E-state index is 13.2. The van der Waals surface area contributed by atoms with Gasteiger partial charge in [-0.25, -0.2) is 4.79 Å². The average molecular weight is 673 g/mol. The van der Waals surface area contributed by atoms with Crippen molar-refractivity contribution < 1.29 is 19.1 Å². The normalized spacial score (nSPS) is 42.3.